The minimum atomic E-state index is -3.00. The highest BCUT2D eigenvalue weighted by Crippen LogP contribution is 2.34. The highest BCUT2D eigenvalue weighted by Gasteiger charge is 2.47. The second-order valence-corrected chi connectivity index (χ2v) is 7.00. The van der Waals surface area contributed by atoms with Crippen molar-refractivity contribution in [2.75, 3.05) is 18.9 Å². The van der Waals surface area contributed by atoms with Crippen LogP contribution in [0.1, 0.15) is 32.1 Å². The zero-order chi connectivity index (χ0) is 10.9. The molecule has 88 valence electrons. The zero-order valence-corrected chi connectivity index (χ0v) is 9.72. The molecule has 2 aliphatic heterocycles. The van der Waals surface area contributed by atoms with E-state index in [9.17, 15) is 13.5 Å². The monoisotopic (exact) mass is 233 g/mol. The molecule has 2 atom stereocenters. The summed E-state index contributed by atoms with van der Waals surface area (Å²) in [5.74, 6) is 0.293. The summed E-state index contributed by atoms with van der Waals surface area (Å²) in [6.07, 6.45) is 4.20. The number of aliphatic hydroxyl groups excluding tert-OH is 1. The Hall–Kier alpha value is -0.130. The molecule has 0 bridgehead atoms. The van der Waals surface area contributed by atoms with E-state index in [1.54, 1.807) is 0 Å². The van der Waals surface area contributed by atoms with Crippen LogP contribution in [-0.4, -0.2) is 43.2 Å². The summed E-state index contributed by atoms with van der Waals surface area (Å²) in [5.41, 5.74) is -0.542. The Morgan fingerprint density at radius 2 is 2.13 bits per heavy atom. The van der Waals surface area contributed by atoms with E-state index in [-0.39, 0.29) is 11.9 Å². The molecular weight excluding hydrogens is 214 g/mol. The number of hydrogen-bond acceptors (Lipinski definition) is 4. The Kier molecular flexibility index (Phi) is 3.05. The number of sulfone groups is 1. The molecule has 2 fully saturated rings. The molecule has 4 nitrogen and oxygen atoms in total. The molecule has 0 spiro atoms. The number of aliphatic hydroxyl groups is 1. The summed E-state index contributed by atoms with van der Waals surface area (Å²) in [5, 5.41) is 12.3. The highest BCUT2D eigenvalue weighted by atomic mass is 32.2. The predicted octanol–water partition coefficient (Wildman–Crippen LogP) is 0.0682. The Labute approximate surface area is 91.0 Å². The molecular formula is C10H19NO3S. The van der Waals surface area contributed by atoms with E-state index in [2.05, 4.69) is 5.32 Å². The third kappa shape index (κ3) is 1.92. The Morgan fingerprint density at radius 1 is 1.33 bits per heavy atom. The van der Waals surface area contributed by atoms with Gasteiger partial charge in [-0.3, -0.25) is 0 Å². The van der Waals surface area contributed by atoms with Gasteiger partial charge in [-0.15, -0.1) is 0 Å². The van der Waals surface area contributed by atoms with Gasteiger partial charge in [0.2, 0.25) is 0 Å². The summed E-state index contributed by atoms with van der Waals surface area (Å²) < 4.78 is 24.0. The van der Waals surface area contributed by atoms with Crippen molar-refractivity contribution < 1.29 is 13.5 Å². The van der Waals surface area contributed by atoms with Gasteiger partial charge in [0.15, 0.2) is 9.84 Å². The molecule has 2 N–H and O–H groups in total. The minimum absolute atomic E-state index is 0.0586. The van der Waals surface area contributed by atoms with Crippen molar-refractivity contribution in [2.24, 2.45) is 0 Å². The molecule has 2 rings (SSSR count). The number of nitrogens with one attached hydrogen (secondary N) is 1. The van der Waals surface area contributed by atoms with Gasteiger partial charge in [-0.1, -0.05) is 6.42 Å². The SMILES string of the molecule is O=S1(=O)CCCCC1C1(CO)CCCN1. The van der Waals surface area contributed by atoms with Gasteiger partial charge < -0.3 is 10.4 Å². The van der Waals surface area contributed by atoms with Crippen LogP contribution in [0, 0.1) is 0 Å². The Bertz CT molecular complexity index is 320. The zero-order valence-electron chi connectivity index (χ0n) is 8.91. The van der Waals surface area contributed by atoms with E-state index >= 15 is 0 Å². The first-order valence-electron chi connectivity index (χ1n) is 5.68. The normalized spacial score (nSPS) is 40.5. The molecule has 0 aliphatic carbocycles. The van der Waals surface area contributed by atoms with Crippen LogP contribution in [0.15, 0.2) is 0 Å². The van der Waals surface area contributed by atoms with Crippen molar-refractivity contribution in [3.05, 3.63) is 0 Å². The van der Waals surface area contributed by atoms with E-state index in [4.69, 9.17) is 0 Å². The van der Waals surface area contributed by atoms with Crippen LogP contribution in [0.5, 0.6) is 0 Å². The van der Waals surface area contributed by atoms with Crippen molar-refractivity contribution in [3.8, 4) is 0 Å². The largest absolute Gasteiger partial charge is 0.394 e. The fraction of sp³-hybridized carbons (Fsp3) is 1.00. The predicted molar refractivity (Wildman–Crippen MR) is 58.5 cm³/mol. The Morgan fingerprint density at radius 3 is 2.67 bits per heavy atom. The standard InChI is InChI=1S/C10H19NO3S/c12-8-10(5-3-6-11-10)9-4-1-2-7-15(9,13)14/h9,11-12H,1-8H2. The second-order valence-electron chi connectivity index (χ2n) is 4.70. The average molecular weight is 233 g/mol. The summed E-state index contributed by atoms with van der Waals surface area (Å²) in [4.78, 5) is 0. The maximum absolute atomic E-state index is 12.0. The quantitative estimate of drug-likeness (QED) is 0.708. The van der Waals surface area contributed by atoms with E-state index in [0.29, 0.717) is 12.2 Å². The molecule has 15 heavy (non-hydrogen) atoms. The van der Waals surface area contributed by atoms with Crippen LogP contribution in [0.2, 0.25) is 0 Å². The van der Waals surface area contributed by atoms with Gasteiger partial charge in [-0.2, -0.15) is 0 Å². The van der Waals surface area contributed by atoms with Gasteiger partial charge in [0, 0.05) is 0 Å². The van der Waals surface area contributed by atoms with Gasteiger partial charge in [-0.25, -0.2) is 8.42 Å². The molecule has 0 aromatic rings. The molecule has 2 saturated heterocycles. The topological polar surface area (TPSA) is 66.4 Å². The van der Waals surface area contributed by atoms with Crippen molar-refractivity contribution in [1.29, 1.82) is 0 Å². The molecule has 0 aromatic heterocycles. The Balaban J connectivity index is 2.26. The third-order valence-electron chi connectivity index (χ3n) is 3.75. The van der Waals surface area contributed by atoms with Crippen molar-refractivity contribution in [3.63, 3.8) is 0 Å². The molecule has 5 heteroatoms. The van der Waals surface area contributed by atoms with Crippen molar-refractivity contribution in [2.45, 2.75) is 42.9 Å². The van der Waals surface area contributed by atoms with Gasteiger partial charge in [-0.05, 0) is 32.2 Å². The van der Waals surface area contributed by atoms with E-state index in [0.717, 1.165) is 32.2 Å². The smallest absolute Gasteiger partial charge is 0.155 e. The van der Waals surface area contributed by atoms with Crippen LogP contribution in [-0.2, 0) is 9.84 Å². The van der Waals surface area contributed by atoms with Crippen LogP contribution in [0.4, 0.5) is 0 Å². The first-order valence-corrected chi connectivity index (χ1v) is 7.40. The van der Waals surface area contributed by atoms with E-state index in [1.165, 1.54) is 0 Å². The lowest BCUT2D eigenvalue weighted by atomic mass is 9.90. The number of rotatable bonds is 2. The first kappa shape index (κ1) is 11.4. The van der Waals surface area contributed by atoms with Gasteiger partial charge in [0.25, 0.3) is 0 Å². The van der Waals surface area contributed by atoms with E-state index in [1.807, 2.05) is 0 Å². The molecule has 2 unspecified atom stereocenters. The van der Waals surface area contributed by atoms with Crippen LogP contribution >= 0.6 is 0 Å². The van der Waals surface area contributed by atoms with Crippen LogP contribution in [0.3, 0.4) is 0 Å². The highest BCUT2D eigenvalue weighted by molar-refractivity contribution is 7.92. The van der Waals surface area contributed by atoms with Crippen molar-refractivity contribution in [1.82, 2.24) is 5.32 Å². The molecule has 2 aliphatic rings. The van der Waals surface area contributed by atoms with E-state index < -0.39 is 15.4 Å². The van der Waals surface area contributed by atoms with Crippen LogP contribution in [0.25, 0.3) is 0 Å². The summed E-state index contributed by atoms with van der Waals surface area (Å²) in [7, 11) is -3.00. The fourth-order valence-corrected chi connectivity index (χ4v) is 5.30. The second kappa shape index (κ2) is 4.03. The fourth-order valence-electron chi connectivity index (χ4n) is 2.92. The minimum Gasteiger partial charge on any atom is -0.394 e. The molecule has 0 amide bonds. The lowest BCUT2D eigenvalue weighted by Crippen LogP contribution is -2.57. The average Bonchev–Trinajstić information content (AvgIpc) is 2.66. The lowest BCUT2D eigenvalue weighted by molar-refractivity contribution is 0.166. The first-order chi connectivity index (χ1) is 7.11. The summed E-state index contributed by atoms with van der Waals surface area (Å²) in [6.45, 7) is 0.767. The molecule has 2 heterocycles. The maximum atomic E-state index is 12.0. The van der Waals surface area contributed by atoms with Gasteiger partial charge in [0.05, 0.1) is 23.1 Å². The maximum Gasteiger partial charge on any atom is 0.155 e. The van der Waals surface area contributed by atoms with Crippen LogP contribution < -0.4 is 5.32 Å². The van der Waals surface area contributed by atoms with Crippen molar-refractivity contribution >= 4 is 9.84 Å². The summed E-state index contributed by atoms with van der Waals surface area (Å²) >= 11 is 0. The third-order valence-corrected chi connectivity index (χ3v) is 6.17. The molecule has 0 aromatic carbocycles. The lowest BCUT2D eigenvalue weighted by Gasteiger charge is -2.38. The van der Waals surface area contributed by atoms with Gasteiger partial charge >= 0.3 is 0 Å². The van der Waals surface area contributed by atoms with Gasteiger partial charge in [0.1, 0.15) is 0 Å². The number of hydrogen-bond donors (Lipinski definition) is 2. The molecule has 0 radical (unpaired) electrons. The molecule has 0 saturated carbocycles. The summed E-state index contributed by atoms with van der Waals surface area (Å²) in [6, 6.07) is 0.